The number of carbonyl (C=O) groups excluding carboxylic acids is 3. The van der Waals surface area contributed by atoms with Crippen LogP contribution in [0, 0.1) is 28.5 Å². The number of benzene rings is 1. The van der Waals surface area contributed by atoms with Gasteiger partial charge in [-0.15, -0.1) is 11.8 Å². The molecule has 0 aliphatic carbocycles. The van der Waals surface area contributed by atoms with Gasteiger partial charge in [-0.3, -0.25) is 9.59 Å². The van der Waals surface area contributed by atoms with Crippen LogP contribution in [0.15, 0.2) is 24.3 Å². The molecule has 0 aromatic heterocycles. The third-order valence-electron chi connectivity index (χ3n) is 4.94. The summed E-state index contributed by atoms with van der Waals surface area (Å²) in [5.41, 5.74) is 0.616. The zero-order chi connectivity index (χ0) is 20.5. The summed E-state index contributed by atoms with van der Waals surface area (Å²) < 4.78 is 18.4. The fraction of sp³-hybridized carbons (Fsp3) is 0.421. The Labute approximate surface area is 165 Å². The highest BCUT2D eigenvalue weighted by atomic mass is 32.2. The van der Waals surface area contributed by atoms with Crippen LogP contribution in [0.25, 0.3) is 0 Å². The molecule has 7 nitrogen and oxygen atoms in total. The van der Waals surface area contributed by atoms with Crippen LogP contribution in [0.3, 0.4) is 0 Å². The molecule has 1 aromatic carbocycles. The fourth-order valence-electron chi connectivity index (χ4n) is 3.56. The Morgan fingerprint density at radius 3 is 2.75 bits per heavy atom. The molecule has 2 aliphatic rings. The average Bonchev–Trinajstić information content (AvgIpc) is 3.20. The monoisotopic (exact) mass is 403 g/mol. The first-order chi connectivity index (χ1) is 13.3. The van der Waals surface area contributed by atoms with Crippen molar-refractivity contribution in [3.63, 3.8) is 0 Å². The number of amides is 1. The van der Waals surface area contributed by atoms with E-state index in [1.807, 2.05) is 0 Å². The highest BCUT2D eigenvalue weighted by Gasteiger charge is 2.57. The number of nitrogens with zero attached hydrogens (tertiary/aromatic N) is 2. The summed E-state index contributed by atoms with van der Waals surface area (Å²) >= 11 is 1.42. The maximum atomic E-state index is 13.3. The van der Waals surface area contributed by atoms with Crippen LogP contribution in [0.1, 0.15) is 25.3 Å². The minimum Gasteiger partial charge on any atom is -0.456 e. The number of ketones is 1. The van der Waals surface area contributed by atoms with E-state index in [9.17, 15) is 18.8 Å². The number of nitriles is 1. The number of thioether (sulfide) groups is 1. The van der Waals surface area contributed by atoms with Gasteiger partial charge in [-0.1, -0.05) is 12.1 Å². The SMILES string of the molecule is CC(=N)C(C#N)C(=O)COC(=O)[C@H]1CS[C@@]2(c3ccc(F)cc3)CCC(=O)N12. The van der Waals surface area contributed by atoms with Crippen LogP contribution in [0.4, 0.5) is 4.39 Å². The van der Waals surface area contributed by atoms with Gasteiger partial charge in [0.2, 0.25) is 5.91 Å². The van der Waals surface area contributed by atoms with Crippen molar-refractivity contribution in [2.45, 2.75) is 30.7 Å². The maximum absolute atomic E-state index is 13.3. The number of carbonyl (C=O) groups is 3. The lowest BCUT2D eigenvalue weighted by molar-refractivity contribution is -0.156. The van der Waals surface area contributed by atoms with E-state index < -0.39 is 35.2 Å². The molecule has 1 aromatic rings. The molecule has 9 heteroatoms. The zero-order valence-corrected chi connectivity index (χ0v) is 15.9. The standard InChI is InChI=1S/C19H18FN3O4S/c1-11(22)14(8-21)16(24)9-27-18(26)15-10-28-19(7-6-17(25)23(15)19)12-2-4-13(20)5-3-12/h2-5,14-15,22H,6-7,9-10H2,1H3/t14?,15-,19-/m1/s1. The molecule has 1 unspecified atom stereocenters. The molecule has 146 valence electrons. The number of rotatable bonds is 6. The molecule has 1 amide bonds. The number of nitrogens with one attached hydrogen (secondary N) is 1. The minimum absolute atomic E-state index is 0.120. The first-order valence-corrected chi connectivity index (χ1v) is 9.65. The van der Waals surface area contributed by atoms with Gasteiger partial charge in [0, 0.05) is 17.9 Å². The van der Waals surface area contributed by atoms with Crippen LogP contribution >= 0.6 is 11.8 Å². The molecule has 0 saturated carbocycles. The van der Waals surface area contributed by atoms with Crippen LogP contribution < -0.4 is 0 Å². The predicted molar refractivity (Wildman–Crippen MR) is 98.9 cm³/mol. The van der Waals surface area contributed by atoms with Crippen molar-refractivity contribution in [3.05, 3.63) is 35.6 Å². The number of hydrogen-bond acceptors (Lipinski definition) is 7. The molecule has 28 heavy (non-hydrogen) atoms. The van der Waals surface area contributed by atoms with Gasteiger partial charge in [0.05, 0.1) is 6.07 Å². The summed E-state index contributed by atoms with van der Waals surface area (Å²) in [6.45, 7) is 0.710. The second-order valence-electron chi connectivity index (χ2n) is 6.70. The number of hydrogen-bond donors (Lipinski definition) is 1. The Morgan fingerprint density at radius 2 is 2.14 bits per heavy atom. The Morgan fingerprint density at radius 1 is 1.46 bits per heavy atom. The lowest BCUT2D eigenvalue weighted by atomic mass is 10.0. The second kappa shape index (κ2) is 7.72. The lowest BCUT2D eigenvalue weighted by Crippen LogP contribution is -2.47. The summed E-state index contributed by atoms with van der Waals surface area (Å²) in [5.74, 6) is -2.94. The molecule has 3 rings (SSSR count). The van der Waals surface area contributed by atoms with Gasteiger partial charge in [0.25, 0.3) is 0 Å². The Balaban J connectivity index is 1.75. The van der Waals surface area contributed by atoms with E-state index in [-0.39, 0.29) is 23.9 Å². The second-order valence-corrected chi connectivity index (χ2v) is 8.00. The van der Waals surface area contributed by atoms with E-state index in [2.05, 4.69) is 0 Å². The zero-order valence-electron chi connectivity index (χ0n) is 15.1. The van der Waals surface area contributed by atoms with Crippen molar-refractivity contribution in [1.29, 1.82) is 10.7 Å². The fourth-order valence-corrected chi connectivity index (χ4v) is 5.20. The van der Waals surface area contributed by atoms with Gasteiger partial charge in [0.15, 0.2) is 12.4 Å². The van der Waals surface area contributed by atoms with E-state index in [1.165, 1.54) is 35.7 Å². The van der Waals surface area contributed by atoms with Crippen molar-refractivity contribution in [3.8, 4) is 6.07 Å². The van der Waals surface area contributed by atoms with Crippen molar-refractivity contribution >= 4 is 35.1 Å². The van der Waals surface area contributed by atoms with Crippen LogP contribution in [0.5, 0.6) is 0 Å². The smallest absolute Gasteiger partial charge is 0.330 e. The van der Waals surface area contributed by atoms with Gasteiger partial charge in [0.1, 0.15) is 22.6 Å². The highest BCUT2D eigenvalue weighted by Crippen LogP contribution is 2.54. The molecule has 2 fully saturated rings. The molecule has 0 radical (unpaired) electrons. The van der Waals surface area contributed by atoms with E-state index >= 15 is 0 Å². The number of halogens is 1. The van der Waals surface area contributed by atoms with Gasteiger partial charge < -0.3 is 15.0 Å². The van der Waals surface area contributed by atoms with Crippen molar-refractivity contribution in [2.24, 2.45) is 5.92 Å². The van der Waals surface area contributed by atoms with E-state index in [0.717, 1.165) is 5.56 Å². The number of esters is 1. The molecule has 3 atom stereocenters. The molecular weight excluding hydrogens is 385 g/mol. The van der Waals surface area contributed by atoms with Crippen LogP contribution in [-0.2, 0) is 24.0 Å². The molecule has 2 saturated heterocycles. The normalized spacial score (nSPS) is 24.4. The number of Topliss-reactive ketones (excluding diaryl/α,β-unsaturated/α-hetero) is 1. The number of ether oxygens (including phenoxy) is 1. The van der Waals surface area contributed by atoms with Crippen molar-refractivity contribution < 1.29 is 23.5 Å². The molecule has 0 spiro atoms. The Kier molecular flexibility index (Phi) is 5.52. The first-order valence-electron chi connectivity index (χ1n) is 8.66. The van der Waals surface area contributed by atoms with E-state index in [4.69, 9.17) is 15.4 Å². The Bertz CT molecular complexity index is 882. The van der Waals surface area contributed by atoms with Crippen molar-refractivity contribution in [1.82, 2.24) is 4.90 Å². The molecule has 2 aliphatic heterocycles. The number of fused-ring (bicyclic) bond motifs is 1. The van der Waals surface area contributed by atoms with Crippen LogP contribution in [-0.4, -0.2) is 46.7 Å². The third kappa shape index (κ3) is 3.40. The largest absolute Gasteiger partial charge is 0.456 e. The van der Waals surface area contributed by atoms with Crippen LogP contribution in [0.2, 0.25) is 0 Å². The van der Waals surface area contributed by atoms with Gasteiger partial charge in [-0.2, -0.15) is 5.26 Å². The minimum atomic E-state index is -1.25. The molecule has 1 N–H and O–H groups in total. The summed E-state index contributed by atoms with van der Waals surface area (Å²) in [5, 5.41) is 16.4. The summed E-state index contributed by atoms with van der Waals surface area (Å²) in [7, 11) is 0. The summed E-state index contributed by atoms with van der Waals surface area (Å²) in [6, 6.07) is 6.69. The van der Waals surface area contributed by atoms with Crippen molar-refractivity contribution in [2.75, 3.05) is 12.4 Å². The third-order valence-corrected chi connectivity index (χ3v) is 6.53. The van der Waals surface area contributed by atoms with Gasteiger partial charge >= 0.3 is 5.97 Å². The lowest BCUT2D eigenvalue weighted by Gasteiger charge is -2.33. The molecular formula is C19H18FN3O4S. The summed E-state index contributed by atoms with van der Waals surface area (Å²) in [6.07, 6.45) is 0.755. The molecule has 0 bridgehead atoms. The first kappa shape index (κ1) is 20.0. The van der Waals surface area contributed by atoms with E-state index in [0.29, 0.717) is 12.2 Å². The van der Waals surface area contributed by atoms with Gasteiger partial charge in [-0.05, 0) is 31.0 Å². The quantitative estimate of drug-likeness (QED) is 0.574. The van der Waals surface area contributed by atoms with Gasteiger partial charge in [-0.25, -0.2) is 9.18 Å². The summed E-state index contributed by atoms with van der Waals surface area (Å²) in [4.78, 5) is 37.8. The maximum Gasteiger partial charge on any atom is 0.330 e. The van der Waals surface area contributed by atoms with E-state index in [1.54, 1.807) is 18.2 Å². The molecule has 2 heterocycles. The average molecular weight is 403 g/mol. The highest BCUT2D eigenvalue weighted by molar-refractivity contribution is 8.00. The topological polar surface area (TPSA) is 111 Å². The Hall–Kier alpha value is -2.73. The predicted octanol–water partition coefficient (Wildman–Crippen LogP) is 2.01.